The van der Waals surface area contributed by atoms with E-state index in [1.807, 2.05) is 0 Å². The summed E-state index contributed by atoms with van der Waals surface area (Å²) in [6.07, 6.45) is 2.97. The van der Waals surface area contributed by atoms with Crippen LogP contribution in [0.15, 0.2) is 53.7 Å². The first-order valence-electron chi connectivity index (χ1n) is 6.65. The van der Waals surface area contributed by atoms with Gasteiger partial charge < -0.3 is 10.1 Å². The molecule has 0 fully saturated rings. The molecule has 2 aromatic heterocycles. The largest absolute Gasteiger partial charge is 0.478 e. The van der Waals surface area contributed by atoms with Crippen molar-refractivity contribution in [3.8, 4) is 0 Å². The molecule has 0 aliphatic heterocycles. The predicted octanol–water partition coefficient (Wildman–Crippen LogP) is 2.09. The fraction of sp³-hybridized carbons (Fsp3) is 0.0667. The van der Waals surface area contributed by atoms with Crippen LogP contribution in [0.4, 0.5) is 5.69 Å². The van der Waals surface area contributed by atoms with Crippen LogP contribution in [-0.2, 0) is 10.0 Å². The standard InChI is InChI=1S/C15H13N3O4S/c1-18(11-6-4-10(5-7-11)15(19)20)23(21,22)13-9-17-14-12(13)3-2-8-16-14/h2-9H,1H3,(H,16,17)(H,19,20). The highest BCUT2D eigenvalue weighted by atomic mass is 32.2. The zero-order chi connectivity index (χ0) is 16.6. The van der Waals surface area contributed by atoms with Gasteiger partial charge in [-0.05, 0) is 36.4 Å². The van der Waals surface area contributed by atoms with Crippen LogP contribution in [0.25, 0.3) is 11.0 Å². The molecule has 7 nitrogen and oxygen atoms in total. The molecule has 2 heterocycles. The molecule has 118 valence electrons. The smallest absolute Gasteiger partial charge is 0.335 e. The molecule has 2 N–H and O–H groups in total. The number of nitrogens with zero attached hydrogens (tertiary/aromatic N) is 2. The number of hydrogen-bond acceptors (Lipinski definition) is 4. The van der Waals surface area contributed by atoms with Crippen molar-refractivity contribution in [3.63, 3.8) is 0 Å². The average Bonchev–Trinajstić information content (AvgIpc) is 2.99. The first-order valence-corrected chi connectivity index (χ1v) is 8.09. The Kier molecular flexibility index (Phi) is 3.53. The van der Waals surface area contributed by atoms with Gasteiger partial charge in [-0.2, -0.15) is 0 Å². The molecule has 0 aliphatic rings. The number of aromatic carboxylic acids is 1. The van der Waals surface area contributed by atoms with Gasteiger partial charge in [0.1, 0.15) is 10.5 Å². The Labute approximate surface area is 132 Å². The maximum absolute atomic E-state index is 12.8. The van der Waals surface area contributed by atoms with Crippen LogP contribution in [0, 0.1) is 0 Å². The minimum Gasteiger partial charge on any atom is -0.478 e. The van der Waals surface area contributed by atoms with Gasteiger partial charge in [-0.3, -0.25) is 4.31 Å². The highest BCUT2D eigenvalue weighted by Gasteiger charge is 2.25. The number of pyridine rings is 1. The highest BCUT2D eigenvalue weighted by Crippen LogP contribution is 2.27. The number of carbonyl (C=O) groups is 1. The molecule has 0 atom stereocenters. The van der Waals surface area contributed by atoms with Gasteiger partial charge in [-0.1, -0.05) is 0 Å². The van der Waals surface area contributed by atoms with E-state index < -0.39 is 16.0 Å². The predicted molar refractivity (Wildman–Crippen MR) is 85.1 cm³/mol. The van der Waals surface area contributed by atoms with Crippen molar-refractivity contribution in [2.75, 3.05) is 11.4 Å². The van der Waals surface area contributed by atoms with Crippen LogP contribution in [0.3, 0.4) is 0 Å². The number of carboxylic acid groups (broad SMARTS) is 1. The fourth-order valence-electron chi connectivity index (χ4n) is 2.24. The minimum atomic E-state index is -3.79. The molecule has 1 aromatic carbocycles. The first-order chi connectivity index (χ1) is 10.9. The summed E-state index contributed by atoms with van der Waals surface area (Å²) in [6.45, 7) is 0. The Morgan fingerprint density at radius 3 is 2.57 bits per heavy atom. The summed E-state index contributed by atoms with van der Waals surface area (Å²) >= 11 is 0. The Morgan fingerprint density at radius 2 is 1.91 bits per heavy atom. The van der Waals surface area contributed by atoms with Crippen molar-refractivity contribution in [1.29, 1.82) is 0 Å². The van der Waals surface area contributed by atoms with Gasteiger partial charge in [0.2, 0.25) is 0 Å². The number of aromatic amines is 1. The second kappa shape index (κ2) is 5.40. The first kappa shape index (κ1) is 15.0. The quantitative estimate of drug-likeness (QED) is 0.762. The molecule has 0 saturated carbocycles. The van der Waals surface area contributed by atoms with Crippen LogP contribution in [0.2, 0.25) is 0 Å². The van der Waals surface area contributed by atoms with E-state index in [2.05, 4.69) is 9.97 Å². The number of sulfonamides is 1. The normalized spacial score (nSPS) is 11.5. The molecule has 0 saturated heterocycles. The maximum atomic E-state index is 12.8. The number of rotatable bonds is 4. The number of carboxylic acids is 1. The Hall–Kier alpha value is -2.87. The number of fused-ring (bicyclic) bond motifs is 1. The molecule has 23 heavy (non-hydrogen) atoms. The van der Waals surface area contributed by atoms with Gasteiger partial charge in [0.15, 0.2) is 0 Å². The molecule has 0 unspecified atom stereocenters. The van der Waals surface area contributed by atoms with Crippen LogP contribution in [0.1, 0.15) is 10.4 Å². The Morgan fingerprint density at radius 1 is 1.22 bits per heavy atom. The number of nitrogens with one attached hydrogen (secondary N) is 1. The number of hydrogen-bond donors (Lipinski definition) is 2. The Balaban J connectivity index is 2.03. The summed E-state index contributed by atoms with van der Waals surface area (Å²) in [5.74, 6) is -1.07. The van der Waals surface area contributed by atoms with Gasteiger partial charge >= 0.3 is 5.97 Å². The SMILES string of the molecule is CN(c1ccc(C(=O)O)cc1)S(=O)(=O)c1c[nH]c2ncccc12. The lowest BCUT2D eigenvalue weighted by Crippen LogP contribution is -2.26. The second-order valence-corrected chi connectivity index (χ2v) is 6.81. The van der Waals surface area contributed by atoms with E-state index in [9.17, 15) is 13.2 Å². The average molecular weight is 331 g/mol. The summed E-state index contributed by atoms with van der Waals surface area (Å²) in [5.41, 5.74) is 0.949. The summed E-state index contributed by atoms with van der Waals surface area (Å²) in [7, 11) is -2.38. The van der Waals surface area contributed by atoms with E-state index in [1.54, 1.807) is 18.3 Å². The summed E-state index contributed by atoms with van der Waals surface area (Å²) in [5, 5.41) is 9.40. The molecule has 0 radical (unpaired) electrons. The van der Waals surface area contributed by atoms with Gasteiger partial charge in [0.25, 0.3) is 10.0 Å². The van der Waals surface area contributed by atoms with E-state index in [0.29, 0.717) is 16.7 Å². The molecule has 0 bridgehead atoms. The van der Waals surface area contributed by atoms with Crippen LogP contribution in [-0.4, -0.2) is 36.5 Å². The second-order valence-electron chi connectivity index (χ2n) is 4.88. The lowest BCUT2D eigenvalue weighted by molar-refractivity contribution is 0.0697. The third-order valence-corrected chi connectivity index (χ3v) is 5.35. The van der Waals surface area contributed by atoms with Crippen molar-refractivity contribution in [2.24, 2.45) is 0 Å². The lowest BCUT2D eigenvalue weighted by atomic mass is 10.2. The van der Waals surface area contributed by atoms with Crippen molar-refractivity contribution in [3.05, 3.63) is 54.4 Å². The molecular formula is C15H13N3O4S. The number of H-pyrrole nitrogens is 1. The minimum absolute atomic E-state index is 0.0934. The maximum Gasteiger partial charge on any atom is 0.335 e. The zero-order valence-corrected chi connectivity index (χ0v) is 12.9. The molecule has 3 rings (SSSR count). The molecule has 0 amide bonds. The molecule has 3 aromatic rings. The monoisotopic (exact) mass is 331 g/mol. The van der Waals surface area contributed by atoms with Crippen molar-refractivity contribution in [2.45, 2.75) is 4.90 Å². The van der Waals surface area contributed by atoms with E-state index in [-0.39, 0.29) is 10.5 Å². The van der Waals surface area contributed by atoms with E-state index in [4.69, 9.17) is 5.11 Å². The van der Waals surface area contributed by atoms with Crippen molar-refractivity contribution < 1.29 is 18.3 Å². The van der Waals surface area contributed by atoms with E-state index >= 15 is 0 Å². The Bertz CT molecular complexity index is 977. The summed E-state index contributed by atoms with van der Waals surface area (Å²) < 4.78 is 26.7. The van der Waals surface area contributed by atoms with E-state index in [0.717, 1.165) is 4.31 Å². The third-order valence-electron chi connectivity index (χ3n) is 3.53. The van der Waals surface area contributed by atoms with E-state index in [1.165, 1.54) is 37.5 Å². The topological polar surface area (TPSA) is 103 Å². The molecule has 0 aliphatic carbocycles. The summed E-state index contributed by atoms with van der Waals surface area (Å²) in [6, 6.07) is 8.97. The van der Waals surface area contributed by atoms with Crippen LogP contribution >= 0.6 is 0 Å². The van der Waals surface area contributed by atoms with Gasteiger partial charge in [0.05, 0.1) is 11.3 Å². The highest BCUT2D eigenvalue weighted by molar-refractivity contribution is 7.93. The van der Waals surface area contributed by atoms with Crippen LogP contribution in [0.5, 0.6) is 0 Å². The fourth-order valence-corrected chi connectivity index (χ4v) is 3.59. The number of benzene rings is 1. The summed E-state index contributed by atoms with van der Waals surface area (Å²) in [4.78, 5) is 17.9. The zero-order valence-electron chi connectivity index (χ0n) is 12.1. The number of aromatic nitrogens is 2. The third kappa shape index (κ3) is 2.53. The van der Waals surface area contributed by atoms with Gasteiger partial charge in [-0.25, -0.2) is 18.2 Å². The lowest BCUT2D eigenvalue weighted by Gasteiger charge is -2.19. The number of anilines is 1. The van der Waals surface area contributed by atoms with Crippen molar-refractivity contribution in [1.82, 2.24) is 9.97 Å². The van der Waals surface area contributed by atoms with Gasteiger partial charge in [-0.15, -0.1) is 0 Å². The molecule has 8 heteroatoms. The van der Waals surface area contributed by atoms with Crippen molar-refractivity contribution >= 4 is 32.7 Å². The van der Waals surface area contributed by atoms with Crippen LogP contribution < -0.4 is 4.31 Å². The van der Waals surface area contributed by atoms with Gasteiger partial charge in [0, 0.05) is 24.8 Å². The molecule has 0 spiro atoms. The molecular weight excluding hydrogens is 318 g/mol.